The number of nitrogens with one attached hydrogen (secondary N) is 1. The van der Waals surface area contributed by atoms with Gasteiger partial charge in [0.2, 0.25) is 11.8 Å². The van der Waals surface area contributed by atoms with Crippen molar-refractivity contribution in [3.63, 3.8) is 0 Å². The molecule has 0 aliphatic heterocycles. The van der Waals surface area contributed by atoms with E-state index in [1.54, 1.807) is 56.5 Å². The molecule has 4 rings (SSSR count). The van der Waals surface area contributed by atoms with Gasteiger partial charge in [0.25, 0.3) is 10.0 Å². The highest BCUT2D eigenvalue weighted by Crippen LogP contribution is 2.27. The van der Waals surface area contributed by atoms with E-state index in [2.05, 4.69) is 5.32 Å². The molecular formula is C31H36FN3O5S. The number of methoxy groups -OCH3 is 1. The third-order valence-electron chi connectivity index (χ3n) is 7.36. The second-order valence-corrected chi connectivity index (χ2v) is 12.0. The molecule has 3 aromatic rings. The zero-order valence-corrected chi connectivity index (χ0v) is 24.1. The SMILES string of the molecule is COc1ccc(CN(C(=O)CN(c2ccccc2F)S(=O)(=O)c2ccccc2)[C@H](C)C(=O)NC2CCCCC2)cc1. The Morgan fingerprint density at radius 1 is 0.951 bits per heavy atom. The lowest BCUT2D eigenvalue weighted by Crippen LogP contribution is -2.53. The molecule has 1 aliphatic carbocycles. The molecule has 1 N–H and O–H groups in total. The second-order valence-electron chi connectivity index (χ2n) is 10.2. The van der Waals surface area contributed by atoms with Crippen molar-refractivity contribution >= 4 is 27.5 Å². The van der Waals surface area contributed by atoms with Crippen molar-refractivity contribution in [3.8, 4) is 5.75 Å². The van der Waals surface area contributed by atoms with E-state index in [0.717, 1.165) is 48.0 Å². The van der Waals surface area contributed by atoms with E-state index in [1.165, 1.54) is 35.2 Å². The summed E-state index contributed by atoms with van der Waals surface area (Å²) in [4.78, 5) is 28.6. The van der Waals surface area contributed by atoms with Crippen LogP contribution in [0.2, 0.25) is 0 Å². The number of halogens is 1. The number of anilines is 1. The Hall–Kier alpha value is -3.92. The molecule has 0 unspecified atom stereocenters. The fraction of sp³-hybridized carbons (Fsp3) is 0.355. The first kappa shape index (κ1) is 30.0. The molecule has 0 saturated heterocycles. The number of carbonyl (C=O) groups is 2. The monoisotopic (exact) mass is 581 g/mol. The summed E-state index contributed by atoms with van der Waals surface area (Å²) >= 11 is 0. The number of carbonyl (C=O) groups excluding carboxylic acids is 2. The lowest BCUT2D eigenvalue weighted by molar-refractivity contribution is -0.139. The summed E-state index contributed by atoms with van der Waals surface area (Å²) in [6.45, 7) is 0.965. The Bertz CT molecular complexity index is 1430. The van der Waals surface area contributed by atoms with Crippen molar-refractivity contribution in [1.82, 2.24) is 10.2 Å². The van der Waals surface area contributed by atoms with Crippen molar-refractivity contribution in [3.05, 3.63) is 90.2 Å². The first-order valence-corrected chi connectivity index (χ1v) is 15.2. The predicted octanol–water partition coefficient (Wildman–Crippen LogP) is 4.90. The average molecular weight is 582 g/mol. The van der Waals surface area contributed by atoms with Gasteiger partial charge in [0.05, 0.1) is 17.7 Å². The van der Waals surface area contributed by atoms with E-state index in [-0.39, 0.29) is 29.1 Å². The van der Waals surface area contributed by atoms with E-state index in [1.807, 2.05) is 0 Å². The number of rotatable bonds is 11. The Kier molecular flexibility index (Phi) is 9.99. The van der Waals surface area contributed by atoms with Crippen LogP contribution in [-0.4, -0.2) is 50.9 Å². The zero-order chi connectivity index (χ0) is 29.4. The predicted molar refractivity (Wildman–Crippen MR) is 155 cm³/mol. The summed E-state index contributed by atoms with van der Waals surface area (Å²) in [6.07, 6.45) is 4.94. The Labute approximate surface area is 241 Å². The van der Waals surface area contributed by atoms with Crippen molar-refractivity contribution in [2.45, 2.75) is 62.6 Å². The molecule has 0 spiro atoms. The molecule has 1 saturated carbocycles. The lowest BCUT2D eigenvalue weighted by Gasteiger charge is -2.33. The summed E-state index contributed by atoms with van der Waals surface area (Å²) in [5.74, 6) is -1.11. The van der Waals surface area contributed by atoms with Gasteiger partial charge in [-0.2, -0.15) is 0 Å². The number of para-hydroxylation sites is 1. The van der Waals surface area contributed by atoms with Crippen LogP contribution in [0, 0.1) is 5.82 Å². The van der Waals surface area contributed by atoms with Crippen molar-refractivity contribution in [2.75, 3.05) is 18.0 Å². The number of benzene rings is 3. The molecule has 1 fully saturated rings. The molecule has 3 aromatic carbocycles. The van der Waals surface area contributed by atoms with Gasteiger partial charge in [0.1, 0.15) is 24.2 Å². The standard InChI is InChI=1S/C31H36FN3O5S/c1-23(31(37)33-25-11-5-3-6-12-25)34(21-24-17-19-26(40-2)20-18-24)30(36)22-35(29-16-10-9-15-28(29)32)41(38,39)27-13-7-4-8-14-27/h4,7-10,13-20,23,25H,3,5-6,11-12,21-22H2,1-2H3,(H,33,37)/t23-/m1/s1. The molecule has 10 heteroatoms. The summed E-state index contributed by atoms with van der Waals surface area (Å²) in [6, 6.07) is 19.1. The van der Waals surface area contributed by atoms with Crippen LogP contribution in [-0.2, 0) is 26.2 Å². The quantitative estimate of drug-likeness (QED) is 0.348. The van der Waals surface area contributed by atoms with Gasteiger partial charge in [-0.1, -0.05) is 61.7 Å². The summed E-state index contributed by atoms with van der Waals surface area (Å²) in [5, 5.41) is 3.06. The fourth-order valence-corrected chi connectivity index (χ4v) is 6.41. The first-order valence-electron chi connectivity index (χ1n) is 13.8. The maximum Gasteiger partial charge on any atom is 0.264 e. The molecule has 218 valence electrons. The Morgan fingerprint density at radius 3 is 2.22 bits per heavy atom. The minimum Gasteiger partial charge on any atom is -0.497 e. The number of sulfonamides is 1. The number of amides is 2. The molecule has 1 aliphatic rings. The van der Waals surface area contributed by atoms with Gasteiger partial charge < -0.3 is 15.0 Å². The van der Waals surface area contributed by atoms with Crippen LogP contribution < -0.4 is 14.4 Å². The van der Waals surface area contributed by atoms with E-state index in [9.17, 15) is 22.4 Å². The van der Waals surface area contributed by atoms with Gasteiger partial charge in [-0.3, -0.25) is 13.9 Å². The Morgan fingerprint density at radius 2 is 1.59 bits per heavy atom. The van der Waals surface area contributed by atoms with Gasteiger partial charge in [-0.15, -0.1) is 0 Å². The number of hydrogen-bond acceptors (Lipinski definition) is 5. The van der Waals surface area contributed by atoms with Crippen LogP contribution in [0.25, 0.3) is 0 Å². The van der Waals surface area contributed by atoms with Crippen LogP contribution >= 0.6 is 0 Å². The summed E-state index contributed by atoms with van der Waals surface area (Å²) in [7, 11) is -2.78. The molecular weight excluding hydrogens is 545 g/mol. The summed E-state index contributed by atoms with van der Waals surface area (Å²) < 4.78 is 48.5. The van der Waals surface area contributed by atoms with E-state index in [0.29, 0.717) is 5.75 Å². The molecule has 2 amide bonds. The largest absolute Gasteiger partial charge is 0.497 e. The topological polar surface area (TPSA) is 96.0 Å². The van der Waals surface area contributed by atoms with Crippen LogP contribution in [0.5, 0.6) is 5.75 Å². The third-order valence-corrected chi connectivity index (χ3v) is 9.14. The fourth-order valence-electron chi connectivity index (χ4n) is 4.97. The van der Waals surface area contributed by atoms with Crippen LogP contribution in [0.1, 0.15) is 44.6 Å². The van der Waals surface area contributed by atoms with E-state index < -0.39 is 34.3 Å². The molecule has 8 nitrogen and oxygen atoms in total. The average Bonchev–Trinajstić information content (AvgIpc) is 3.00. The molecule has 0 heterocycles. The third kappa shape index (κ3) is 7.43. The van der Waals surface area contributed by atoms with Crippen molar-refractivity contribution in [1.29, 1.82) is 0 Å². The van der Waals surface area contributed by atoms with E-state index in [4.69, 9.17) is 4.74 Å². The van der Waals surface area contributed by atoms with Crippen LogP contribution in [0.3, 0.4) is 0 Å². The van der Waals surface area contributed by atoms with Gasteiger partial charge in [0.15, 0.2) is 0 Å². The molecule has 0 aromatic heterocycles. The van der Waals surface area contributed by atoms with Gasteiger partial charge in [-0.05, 0) is 61.7 Å². The highest BCUT2D eigenvalue weighted by Gasteiger charge is 2.34. The normalized spacial score (nSPS) is 14.6. The first-order chi connectivity index (χ1) is 19.7. The molecule has 0 radical (unpaired) electrons. The number of ether oxygens (including phenoxy) is 1. The molecule has 41 heavy (non-hydrogen) atoms. The number of nitrogens with zero attached hydrogens (tertiary/aromatic N) is 2. The van der Waals surface area contributed by atoms with Crippen molar-refractivity contribution < 1.29 is 27.1 Å². The minimum atomic E-state index is -4.33. The van der Waals surface area contributed by atoms with E-state index >= 15 is 0 Å². The van der Waals surface area contributed by atoms with Crippen LogP contribution in [0.15, 0.2) is 83.8 Å². The maximum absolute atomic E-state index is 15.0. The van der Waals surface area contributed by atoms with Crippen LogP contribution in [0.4, 0.5) is 10.1 Å². The van der Waals surface area contributed by atoms with Gasteiger partial charge in [0, 0.05) is 12.6 Å². The summed E-state index contributed by atoms with van der Waals surface area (Å²) in [5.41, 5.74) is 0.466. The number of hydrogen-bond donors (Lipinski definition) is 1. The maximum atomic E-state index is 15.0. The molecule has 0 bridgehead atoms. The zero-order valence-electron chi connectivity index (χ0n) is 23.3. The highest BCUT2D eigenvalue weighted by atomic mass is 32.2. The highest BCUT2D eigenvalue weighted by molar-refractivity contribution is 7.92. The smallest absolute Gasteiger partial charge is 0.264 e. The van der Waals surface area contributed by atoms with Gasteiger partial charge >= 0.3 is 0 Å². The van der Waals surface area contributed by atoms with Crippen molar-refractivity contribution in [2.24, 2.45) is 0 Å². The second kappa shape index (κ2) is 13.6. The Balaban J connectivity index is 1.67. The minimum absolute atomic E-state index is 0.0324. The van der Waals surface area contributed by atoms with Gasteiger partial charge in [-0.25, -0.2) is 12.8 Å². The molecule has 1 atom stereocenters. The lowest BCUT2D eigenvalue weighted by atomic mass is 9.95.